The number of hydrogen-bond donors (Lipinski definition) is 2. The van der Waals surface area contributed by atoms with Gasteiger partial charge in [0.2, 0.25) is 0 Å². The van der Waals surface area contributed by atoms with Crippen molar-refractivity contribution in [3.63, 3.8) is 0 Å². The van der Waals surface area contributed by atoms with Crippen molar-refractivity contribution in [2.45, 2.75) is 162 Å². The lowest BCUT2D eigenvalue weighted by Gasteiger charge is -2.09. The summed E-state index contributed by atoms with van der Waals surface area (Å²) in [6.45, 7) is 6.28. The maximum Gasteiger partial charge on any atom is 0.343 e. The summed E-state index contributed by atoms with van der Waals surface area (Å²) in [5.41, 5.74) is 4.59. The Morgan fingerprint density at radius 1 is 0.508 bits per heavy atom. The van der Waals surface area contributed by atoms with Gasteiger partial charge in [0, 0.05) is 17.2 Å². The van der Waals surface area contributed by atoms with Crippen LogP contribution < -0.4 is 24.4 Å². The third kappa shape index (κ3) is 21.6. The van der Waals surface area contributed by atoms with Gasteiger partial charge in [0.25, 0.3) is 5.91 Å². The second kappa shape index (κ2) is 31.5. The third-order valence-electron chi connectivity index (χ3n) is 11.2. The van der Waals surface area contributed by atoms with Crippen LogP contribution >= 0.6 is 0 Å². The number of aromatic hydroxyl groups is 1. The van der Waals surface area contributed by atoms with E-state index in [1.807, 2.05) is 24.3 Å². The third-order valence-corrected chi connectivity index (χ3v) is 11.2. The molecule has 63 heavy (non-hydrogen) atoms. The lowest BCUT2D eigenvalue weighted by molar-refractivity contribution is 0.0734. The van der Waals surface area contributed by atoms with Crippen molar-refractivity contribution in [2.75, 3.05) is 13.2 Å². The summed E-state index contributed by atoms with van der Waals surface area (Å²) in [6, 6.07) is 26.0. The number of unbranched alkanes of at least 4 members (excludes halogenated alkanes) is 20. The Bertz CT molecular complexity index is 1860. The highest BCUT2D eigenvalue weighted by Crippen LogP contribution is 2.24. The number of hydrogen-bond acceptors (Lipinski definition) is 8. The second-order valence-corrected chi connectivity index (χ2v) is 16.6. The minimum absolute atomic E-state index is 0.159. The lowest BCUT2D eigenvalue weighted by Crippen LogP contribution is -2.17. The lowest BCUT2D eigenvalue weighted by atomic mass is 10.0. The summed E-state index contributed by atoms with van der Waals surface area (Å²) >= 11 is 0. The van der Waals surface area contributed by atoms with Gasteiger partial charge in [-0.3, -0.25) is 4.79 Å². The van der Waals surface area contributed by atoms with E-state index in [1.165, 1.54) is 134 Å². The fourth-order valence-electron chi connectivity index (χ4n) is 7.24. The summed E-state index contributed by atoms with van der Waals surface area (Å²) in [5, 5.41) is 14.5. The minimum atomic E-state index is -0.554. The number of carbonyl (C=O) groups is 2. The van der Waals surface area contributed by atoms with Crippen LogP contribution in [0.1, 0.15) is 187 Å². The number of phenolic OH excluding ortho intramolecular Hbond substituents is 1. The molecule has 0 aliphatic rings. The van der Waals surface area contributed by atoms with Gasteiger partial charge >= 0.3 is 5.97 Å². The molecule has 0 unspecified atom stereocenters. The highest BCUT2D eigenvalue weighted by Gasteiger charge is 2.11. The predicted octanol–water partition coefficient (Wildman–Crippen LogP) is 14.3. The smallest absolute Gasteiger partial charge is 0.343 e. The van der Waals surface area contributed by atoms with Crippen LogP contribution in [-0.2, 0) is 6.61 Å². The monoisotopic (exact) mass is 863 g/mol. The molecule has 0 aliphatic heterocycles. The van der Waals surface area contributed by atoms with Crippen LogP contribution in [0.25, 0.3) is 0 Å². The topological polar surface area (TPSA) is 116 Å². The molecule has 2 N–H and O–H groups in total. The van der Waals surface area contributed by atoms with E-state index in [0.29, 0.717) is 41.4 Å². The number of rotatable bonds is 34. The van der Waals surface area contributed by atoms with Crippen LogP contribution in [0.2, 0.25) is 0 Å². The summed E-state index contributed by atoms with van der Waals surface area (Å²) in [7, 11) is 0. The Morgan fingerprint density at radius 2 is 0.921 bits per heavy atom. The molecule has 342 valence electrons. The average Bonchev–Trinajstić information content (AvgIpc) is 3.30. The molecule has 4 aromatic carbocycles. The molecule has 0 fully saturated rings. The highest BCUT2D eigenvalue weighted by atomic mass is 16.5. The van der Waals surface area contributed by atoms with Gasteiger partial charge in [0.15, 0.2) is 0 Å². The van der Waals surface area contributed by atoms with Gasteiger partial charge in [-0.25, -0.2) is 10.2 Å². The Hall–Kier alpha value is -5.31. The Morgan fingerprint density at radius 3 is 1.40 bits per heavy atom. The van der Waals surface area contributed by atoms with Gasteiger partial charge in [-0.15, -0.1) is 0 Å². The van der Waals surface area contributed by atoms with Crippen LogP contribution in [0.15, 0.2) is 96.1 Å². The molecule has 4 rings (SSSR count). The summed E-state index contributed by atoms with van der Waals surface area (Å²) < 4.78 is 23.2. The summed E-state index contributed by atoms with van der Waals surface area (Å²) in [4.78, 5) is 25.5. The largest absolute Gasteiger partial charge is 0.507 e. The minimum Gasteiger partial charge on any atom is -0.507 e. The Kier molecular flexibility index (Phi) is 25.2. The molecule has 0 atom stereocenters. The molecule has 4 aromatic rings. The van der Waals surface area contributed by atoms with Crippen LogP contribution in [0.4, 0.5) is 0 Å². The van der Waals surface area contributed by atoms with E-state index in [0.717, 1.165) is 37.2 Å². The van der Waals surface area contributed by atoms with Crippen molar-refractivity contribution in [3.05, 3.63) is 113 Å². The van der Waals surface area contributed by atoms with Gasteiger partial charge in [-0.1, -0.05) is 154 Å². The fourth-order valence-corrected chi connectivity index (χ4v) is 7.24. The molecule has 0 radical (unpaired) electrons. The van der Waals surface area contributed by atoms with Crippen LogP contribution in [0, 0.1) is 0 Å². The van der Waals surface area contributed by atoms with Gasteiger partial charge in [-0.05, 0) is 91.2 Å². The highest BCUT2D eigenvalue weighted by molar-refractivity contribution is 5.95. The second-order valence-electron chi connectivity index (χ2n) is 16.6. The van der Waals surface area contributed by atoms with Crippen molar-refractivity contribution in [1.82, 2.24) is 5.43 Å². The van der Waals surface area contributed by atoms with Crippen molar-refractivity contribution in [2.24, 2.45) is 5.10 Å². The van der Waals surface area contributed by atoms with Gasteiger partial charge in [0.1, 0.15) is 35.4 Å². The number of nitrogens with one attached hydrogen (secondary N) is 1. The number of ether oxygens (including phenoxy) is 4. The van der Waals surface area contributed by atoms with E-state index >= 15 is 0 Å². The van der Waals surface area contributed by atoms with E-state index in [-0.39, 0.29) is 11.5 Å². The van der Waals surface area contributed by atoms with Crippen LogP contribution in [0.5, 0.6) is 28.7 Å². The number of benzene rings is 4. The molecule has 0 saturated heterocycles. The first-order valence-corrected chi connectivity index (χ1v) is 24.0. The summed E-state index contributed by atoms with van der Waals surface area (Å²) in [5.74, 6) is 1.25. The summed E-state index contributed by atoms with van der Waals surface area (Å²) in [6.07, 6.45) is 30.0. The van der Waals surface area contributed by atoms with Crippen LogP contribution in [-0.4, -0.2) is 36.4 Å². The van der Waals surface area contributed by atoms with E-state index < -0.39 is 11.9 Å². The number of phenols is 1. The number of esters is 1. The first kappa shape index (κ1) is 50.3. The average molecular weight is 863 g/mol. The molecule has 9 nitrogen and oxygen atoms in total. The maximum atomic E-state index is 12.8. The standard InChI is InChI=1S/C54H74N2O7/c1-3-5-7-9-11-13-14-15-16-17-18-20-22-24-40-61-49-36-29-46(30-37-49)54(59)63-51-38-31-47(52(57)41-51)42-55-56-53(58)45-27-34-50(35-28-45)62-43-44-25-32-48(33-26-44)60-39-23-21-19-12-10-8-6-4-2/h25-38,41-42,57H,3-24,39-40,43H2,1-2H3,(H,56,58)/b55-42+. The molecule has 0 aromatic heterocycles. The normalized spacial score (nSPS) is 11.1. The zero-order valence-corrected chi connectivity index (χ0v) is 38.3. The van der Waals surface area contributed by atoms with Crippen molar-refractivity contribution >= 4 is 18.1 Å². The van der Waals surface area contributed by atoms with Crippen molar-refractivity contribution < 1.29 is 33.6 Å². The van der Waals surface area contributed by atoms with E-state index in [2.05, 4.69) is 24.4 Å². The zero-order chi connectivity index (χ0) is 44.6. The Balaban J connectivity index is 1.06. The van der Waals surface area contributed by atoms with Crippen molar-refractivity contribution in [3.8, 4) is 28.7 Å². The molecule has 0 bridgehead atoms. The maximum absolute atomic E-state index is 12.8. The molecular formula is C54H74N2O7. The van der Waals surface area contributed by atoms with Gasteiger partial charge in [0.05, 0.1) is 25.0 Å². The number of nitrogens with zero attached hydrogens (tertiary/aromatic N) is 1. The first-order chi connectivity index (χ1) is 30.9. The molecule has 0 spiro atoms. The fraction of sp³-hybridized carbons (Fsp3) is 0.500. The number of hydrazone groups is 1. The van der Waals surface area contributed by atoms with E-state index in [9.17, 15) is 14.7 Å². The first-order valence-electron chi connectivity index (χ1n) is 24.0. The SMILES string of the molecule is CCCCCCCCCCCCCCCCOc1ccc(C(=O)Oc2ccc(/C=N/NC(=O)c3ccc(OCc4ccc(OCCCCCCCCCC)cc4)cc3)c(O)c2)cc1. The van der Waals surface area contributed by atoms with Gasteiger partial charge in [-0.2, -0.15) is 5.10 Å². The molecule has 9 heteroatoms. The molecule has 1 amide bonds. The number of amides is 1. The van der Waals surface area contributed by atoms with E-state index in [1.54, 1.807) is 60.7 Å². The van der Waals surface area contributed by atoms with Crippen molar-refractivity contribution in [1.29, 1.82) is 0 Å². The van der Waals surface area contributed by atoms with E-state index in [4.69, 9.17) is 18.9 Å². The molecule has 0 heterocycles. The van der Waals surface area contributed by atoms with Gasteiger partial charge < -0.3 is 24.1 Å². The molecular weight excluding hydrogens is 789 g/mol. The number of carbonyl (C=O) groups excluding carboxylic acids is 2. The quantitative estimate of drug-likeness (QED) is 0.0158. The van der Waals surface area contributed by atoms with Crippen LogP contribution in [0.3, 0.4) is 0 Å². The predicted molar refractivity (Wildman–Crippen MR) is 256 cm³/mol. The Labute approximate surface area is 378 Å². The molecule has 0 aliphatic carbocycles. The zero-order valence-electron chi connectivity index (χ0n) is 38.3. The molecule has 0 saturated carbocycles.